The fourth-order valence-electron chi connectivity index (χ4n) is 1.60. The second-order valence-corrected chi connectivity index (χ2v) is 12.8. The van der Waals surface area contributed by atoms with E-state index in [9.17, 15) is 9.00 Å². The molecule has 0 aliphatic carbocycles. The lowest BCUT2D eigenvalue weighted by Crippen LogP contribution is -2.22. The molecule has 1 aliphatic heterocycles. The van der Waals surface area contributed by atoms with Gasteiger partial charge in [0.2, 0.25) is 0 Å². The van der Waals surface area contributed by atoms with Crippen molar-refractivity contribution >= 4 is 44.7 Å². The second-order valence-electron chi connectivity index (χ2n) is 3.67. The van der Waals surface area contributed by atoms with Crippen LogP contribution in [0.3, 0.4) is 0 Å². The van der Waals surface area contributed by atoms with Crippen molar-refractivity contribution in [2.24, 2.45) is 0 Å². The first-order valence-corrected chi connectivity index (χ1v) is 11.2. The highest BCUT2D eigenvalue weighted by Gasteiger charge is 2.20. The Labute approximate surface area is 112 Å². The molecule has 2 rings (SSSR count). The third-order valence-corrected chi connectivity index (χ3v) is 12.3. The molecule has 1 amide bonds. The summed E-state index contributed by atoms with van der Waals surface area (Å²) in [4.78, 5) is 13.9. The largest absolute Gasteiger partial charge is 0.278 e. The maximum absolute atomic E-state index is 12.1. The number of benzene rings is 1. The summed E-state index contributed by atoms with van der Waals surface area (Å²) in [5.41, 5.74) is 1.38. The van der Waals surface area contributed by atoms with Gasteiger partial charge in [0.05, 0.1) is 0 Å². The molecule has 7 heteroatoms. The van der Waals surface area contributed by atoms with Crippen molar-refractivity contribution in [1.82, 2.24) is 0 Å². The Hall–Kier alpha value is -0.520. The van der Waals surface area contributed by atoms with E-state index >= 15 is 0 Å². The number of hydrogen-bond donors (Lipinski definition) is 0. The predicted molar refractivity (Wildman–Crippen MR) is 85.0 cm³/mol. The quantitative estimate of drug-likeness (QED) is 0.786. The molecule has 1 aliphatic rings. The molecular formula is C11H12NO2P3S. The Balaban J connectivity index is 2.38. The molecule has 0 radical (unpaired) electrons. The molecule has 3 nitrogen and oxygen atoms in total. The zero-order valence-corrected chi connectivity index (χ0v) is 13.5. The number of rotatable bonds is 2. The fraction of sp³-hybridized carbons (Fsp3) is 0. The van der Waals surface area contributed by atoms with E-state index in [-0.39, 0.29) is 5.91 Å². The Kier molecular flexibility index (Phi) is 4.04. The van der Waals surface area contributed by atoms with Crippen LogP contribution in [0.2, 0.25) is 0 Å². The van der Waals surface area contributed by atoms with Crippen LogP contribution in [0.25, 0.3) is 0 Å². The molecule has 1 aromatic rings. The van der Waals surface area contributed by atoms with Crippen molar-refractivity contribution in [2.75, 3.05) is 4.90 Å². The summed E-state index contributed by atoms with van der Waals surface area (Å²) in [6, 6.07) is 7.12. The topological polar surface area (TPSA) is 37.4 Å². The van der Waals surface area contributed by atoms with Crippen molar-refractivity contribution in [2.45, 2.75) is 4.90 Å². The number of nitrogens with zero attached hydrogens (tertiary/aromatic N) is 1. The van der Waals surface area contributed by atoms with Crippen LogP contribution >= 0.6 is 24.4 Å². The first kappa shape index (κ1) is 13.9. The van der Waals surface area contributed by atoms with E-state index in [2.05, 4.69) is 23.9 Å². The molecule has 0 saturated carbocycles. The van der Waals surface area contributed by atoms with Crippen LogP contribution in [0.5, 0.6) is 0 Å². The first-order chi connectivity index (χ1) is 8.45. The predicted octanol–water partition coefficient (Wildman–Crippen LogP) is 3.19. The van der Waals surface area contributed by atoms with Gasteiger partial charge >= 0.3 is 0 Å². The van der Waals surface area contributed by atoms with E-state index in [1.807, 2.05) is 0 Å². The van der Waals surface area contributed by atoms with E-state index in [1.165, 1.54) is 11.0 Å². The molecule has 0 aromatic heterocycles. The Morgan fingerprint density at radius 3 is 2.28 bits per heavy atom. The van der Waals surface area contributed by atoms with E-state index < -0.39 is 8.73 Å². The van der Waals surface area contributed by atoms with Gasteiger partial charge in [0.15, 0.2) is 0 Å². The second kappa shape index (κ2) is 5.23. The van der Waals surface area contributed by atoms with Crippen molar-refractivity contribution < 1.29 is 9.00 Å². The number of anilines is 1. The minimum atomic E-state index is -2.11. The molecular weight excluding hydrogens is 303 g/mol. The SMILES string of the molecule is C=C1C=CC(=O)N1c1ccc(S(=O)(P)=PP)cc1. The van der Waals surface area contributed by atoms with Crippen molar-refractivity contribution in [3.05, 3.63) is 48.7 Å². The van der Waals surface area contributed by atoms with Crippen LogP contribution < -0.4 is 4.90 Å². The standard InChI is InChI=1S/C11H12NO2P3S/c1-8-2-7-11(13)12(8)9-3-5-10(6-4-9)18(14,16)17-15/h2-7H,1,15-16H2. The third kappa shape index (κ3) is 2.58. The summed E-state index contributed by atoms with van der Waals surface area (Å²) in [6.07, 6.45) is 3.16. The molecule has 1 heterocycles. The molecule has 3 unspecified atom stereocenters. The Morgan fingerprint density at radius 2 is 1.83 bits per heavy atom. The van der Waals surface area contributed by atoms with Gasteiger partial charge in [-0.3, -0.25) is 13.9 Å². The van der Waals surface area contributed by atoms with Gasteiger partial charge < -0.3 is 0 Å². The average Bonchev–Trinajstić information content (AvgIpc) is 2.69. The maximum Gasteiger partial charge on any atom is 0.255 e. The smallest absolute Gasteiger partial charge is 0.255 e. The van der Waals surface area contributed by atoms with Crippen LogP contribution in [-0.2, 0) is 13.5 Å². The minimum absolute atomic E-state index is 0.108. The number of hydrogen-bond acceptors (Lipinski definition) is 2. The van der Waals surface area contributed by atoms with Gasteiger partial charge in [0.25, 0.3) is 5.91 Å². The lowest BCUT2D eigenvalue weighted by Gasteiger charge is -2.17. The summed E-state index contributed by atoms with van der Waals surface area (Å²) in [6.45, 7) is 3.80. The average molecular weight is 315 g/mol. The first-order valence-electron chi connectivity index (χ1n) is 5.01. The van der Waals surface area contributed by atoms with Crippen molar-refractivity contribution in [3.8, 4) is 0 Å². The van der Waals surface area contributed by atoms with Gasteiger partial charge in [-0.25, -0.2) is 0 Å². The molecule has 94 valence electrons. The van der Waals surface area contributed by atoms with E-state index in [0.29, 0.717) is 5.70 Å². The van der Waals surface area contributed by atoms with Gasteiger partial charge in [-0.2, -0.15) is 0 Å². The van der Waals surface area contributed by atoms with Crippen LogP contribution in [0.1, 0.15) is 0 Å². The van der Waals surface area contributed by atoms with Crippen LogP contribution in [0.4, 0.5) is 5.69 Å². The summed E-state index contributed by atoms with van der Waals surface area (Å²) >= 11 is 0. The number of carbonyl (C=O) groups is 1. The fourth-order valence-corrected chi connectivity index (χ4v) is 4.55. The summed E-state index contributed by atoms with van der Waals surface area (Å²) in [5.74, 6) is -0.108. The van der Waals surface area contributed by atoms with Gasteiger partial charge in [0.1, 0.15) is 0 Å². The normalized spacial score (nSPS) is 18.4. The molecule has 0 N–H and O–H groups in total. The lowest BCUT2D eigenvalue weighted by molar-refractivity contribution is -0.113. The summed E-state index contributed by atoms with van der Waals surface area (Å²) < 4.78 is 12.1. The lowest BCUT2D eigenvalue weighted by atomic mass is 10.3. The molecule has 0 fully saturated rings. The van der Waals surface area contributed by atoms with Gasteiger partial charge in [-0.1, -0.05) is 15.5 Å². The molecule has 0 spiro atoms. The van der Waals surface area contributed by atoms with Gasteiger partial charge in [0, 0.05) is 31.1 Å². The van der Waals surface area contributed by atoms with Crippen LogP contribution in [-0.4, -0.2) is 10.1 Å². The van der Waals surface area contributed by atoms with Crippen LogP contribution in [0.15, 0.2) is 53.6 Å². The highest BCUT2D eigenvalue weighted by atomic mass is 33.0. The number of allylic oxidation sites excluding steroid dienone is 1. The van der Waals surface area contributed by atoms with Gasteiger partial charge in [-0.15, -0.1) is 0 Å². The maximum atomic E-state index is 12.1. The zero-order chi connectivity index (χ0) is 13.3. The van der Waals surface area contributed by atoms with Crippen molar-refractivity contribution in [1.29, 1.82) is 0 Å². The van der Waals surface area contributed by atoms with E-state index in [0.717, 1.165) is 17.6 Å². The van der Waals surface area contributed by atoms with E-state index in [1.54, 1.807) is 30.3 Å². The molecule has 1 aromatic carbocycles. The van der Waals surface area contributed by atoms with Crippen LogP contribution in [0, 0.1) is 0 Å². The summed E-state index contributed by atoms with van der Waals surface area (Å²) in [7, 11) is 3.46. The van der Waals surface area contributed by atoms with Gasteiger partial charge in [-0.05, 0) is 45.8 Å². The Morgan fingerprint density at radius 1 is 1.22 bits per heavy atom. The number of amides is 1. The summed E-state index contributed by atoms with van der Waals surface area (Å²) in [5, 5.41) is 0. The molecule has 0 saturated heterocycles. The zero-order valence-electron chi connectivity index (χ0n) is 9.45. The highest BCUT2D eigenvalue weighted by molar-refractivity contribution is 8.63. The Bertz CT molecular complexity index is 639. The highest BCUT2D eigenvalue weighted by Crippen LogP contribution is 2.33. The molecule has 0 bridgehead atoms. The number of carbonyl (C=O) groups excluding carboxylic acids is 1. The molecule has 18 heavy (non-hydrogen) atoms. The van der Waals surface area contributed by atoms with E-state index in [4.69, 9.17) is 0 Å². The monoisotopic (exact) mass is 315 g/mol. The van der Waals surface area contributed by atoms with Crippen molar-refractivity contribution in [3.63, 3.8) is 0 Å². The molecule has 3 atom stereocenters. The minimum Gasteiger partial charge on any atom is -0.278 e. The third-order valence-electron chi connectivity index (χ3n) is 2.52.